The SMILES string of the molecule is Nc1cc(N)cc(C(=O)OCCCCCCOC(=O)C=Cc2ccc(OC(F)(F)c3ccc(OCCCCC(F)(F)F)cc3)cc2)c1. The number of anilines is 2. The molecule has 0 radical (unpaired) electrons. The number of benzene rings is 3. The number of alkyl halides is 5. The number of rotatable bonds is 18. The summed E-state index contributed by atoms with van der Waals surface area (Å²) < 4.78 is 86.5. The maximum absolute atomic E-state index is 14.7. The predicted molar refractivity (Wildman–Crippen MR) is 167 cm³/mol. The molecule has 0 aliphatic carbocycles. The van der Waals surface area contributed by atoms with E-state index in [1.165, 1.54) is 60.7 Å². The molecule has 0 spiro atoms. The van der Waals surface area contributed by atoms with Gasteiger partial charge >= 0.3 is 24.2 Å². The first-order valence-corrected chi connectivity index (χ1v) is 15.0. The Morgan fingerprint density at radius 1 is 0.681 bits per heavy atom. The normalized spacial score (nSPS) is 11.8. The van der Waals surface area contributed by atoms with Crippen LogP contribution in [0.3, 0.4) is 0 Å². The second kappa shape index (κ2) is 17.8. The van der Waals surface area contributed by atoms with E-state index in [4.69, 9.17) is 30.4 Å². The third-order valence-corrected chi connectivity index (χ3v) is 6.58. The summed E-state index contributed by atoms with van der Waals surface area (Å²) >= 11 is 0. The van der Waals surface area contributed by atoms with E-state index in [9.17, 15) is 31.5 Å². The van der Waals surface area contributed by atoms with Gasteiger partial charge in [-0.05, 0) is 105 Å². The van der Waals surface area contributed by atoms with E-state index < -0.39 is 36.2 Å². The van der Waals surface area contributed by atoms with Gasteiger partial charge in [-0.1, -0.05) is 12.1 Å². The Kier molecular flexibility index (Phi) is 13.9. The molecule has 0 atom stereocenters. The van der Waals surface area contributed by atoms with Crippen molar-refractivity contribution < 1.29 is 50.5 Å². The topological polar surface area (TPSA) is 123 Å². The van der Waals surface area contributed by atoms with E-state index in [1.807, 2.05) is 0 Å². The molecule has 47 heavy (non-hydrogen) atoms. The zero-order valence-corrected chi connectivity index (χ0v) is 25.6. The van der Waals surface area contributed by atoms with Crippen LogP contribution in [0.4, 0.5) is 33.3 Å². The third-order valence-electron chi connectivity index (χ3n) is 6.58. The molecule has 0 bridgehead atoms. The van der Waals surface area contributed by atoms with Crippen molar-refractivity contribution in [2.75, 3.05) is 31.3 Å². The average Bonchev–Trinajstić information content (AvgIpc) is 3.00. The van der Waals surface area contributed by atoms with Crippen LogP contribution in [0.25, 0.3) is 6.08 Å². The number of ether oxygens (including phenoxy) is 4. The quantitative estimate of drug-likeness (QED) is 0.0460. The summed E-state index contributed by atoms with van der Waals surface area (Å²) in [6.45, 7) is 0.483. The summed E-state index contributed by atoms with van der Waals surface area (Å²) in [4.78, 5) is 24.1. The molecule has 0 unspecified atom stereocenters. The number of nitrogen functional groups attached to an aromatic ring is 2. The lowest BCUT2D eigenvalue weighted by Gasteiger charge is -2.18. The minimum atomic E-state index is -4.22. The fourth-order valence-corrected chi connectivity index (χ4v) is 4.20. The van der Waals surface area contributed by atoms with E-state index in [0.717, 1.165) is 25.0 Å². The highest BCUT2D eigenvalue weighted by atomic mass is 19.4. The number of halogens is 5. The smallest absolute Gasteiger partial charge is 0.426 e. The van der Waals surface area contributed by atoms with E-state index in [0.29, 0.717) is 35.3 Å². The van der Waals surface area contributed by atoms with Crippen LogP contribution in [0, 0.1) is 0 Å². The lowest BCUT2D eigenvalue weighted by molar-refractivity contribution is -0.185. The van der Waals surface area contributed by atoms with Crippen molar-refractivity contribution in [1.29, 1.82) is 0 Å². The average molecular weight is 665 g/mol. The minimum Gasteiger partial charge on any atom is -0.494 e. The molecule has 0 saturated heterocycles. The molecular weight excluding hydrogens is 627 g/mol. The first-order chi connectivity index (χ1) is 22.3. The Bertz CT molecular complexity index is 1440. The fraction of sp³-hybridized carbons (Fsp3) is 0.353. The van der Waals surface area contributed by atoms with Crippen LogP contribution < -0.4 is 20.9 Å². The molecule has 3 aromatic rings. The van der Waals surface area contributed by atoms with Crippen molar-refractivity contribution in [2.24, 2.45) is 0 Å². The molecule has 0 saturated carbocycles. The number of esters is 2. The third kappa shape index (κ3) is 14.0. The summed E-state index contributed by atoms with van der Waals surface area (Å²) in [5.41, 5.74) is 12.5. The van der Waals surface area contributed by atoms with Gasteiger partial charge in [0.1, 0.15) is 11.5 Å². The Labute approximate surface area is 269 Å². The van der Waals surface area contributed by atoms with Gasteiger partial charge in [-0.3, -0.25) is 0 Å². The van der Waals surface area contributed by atoms with Gasteiger partial charge in [-0.15, -0.1) is 0 Å². The van der Waals surface area contributed by atoms with E-state index >= 15 is 0 Å². The van der Waals surface area contributed by atoms with Gasteiger partial charge in [-0.2, -0.15) is 22.0 Å². The Morgan fingerprint density at radius 2 is 1.26 bits per heavy atom. The number of nitrogens with two attached hydrogens (primary N) is 2. The Balaban J connectivity index is 1.30. The van der Waals surface area contributed by atoms with Crippen LogP contribution in [0.2, 0.25) is 0 Å². The van der Waals surface area contributed by atoms with Crippen molar-refractivity contribution in [2.45, 2.75) is 57.2 Å². The monoisotopic (exact) mass is 664 g/mol. The van der Waals surface area contributed by atoms with Gasteiger partial charge in [0, 0.05) is 23.9 Å². The number of unbranched alkanes of at least 4 members (excludes halogenated alkanes) is 4. The van der Waals surface area contributed by atoms with Crippen LogP contribution in [-0.2, 0) is 20.4 Å². The van der Waals surface area contributed by atoms with Crippen molar-refractivity contribution in [3.63, 3.8) is 0 Å². The van der Waals surface area contributed by atoms with E-state index in [1.54, 1.807) is 6.07 Å². The lowest BCUT2D eigenvalue weighted by atomic mass is 10.2. The van der Waals surface area contributed by atoms with Crippen LogP contribution in [0.5, 0.6) is 11.5 Å². The summed E-state index contributed by atoms with van der Waals surface area (Å²) in [5, 5.41) is 0. The maximum atomic E-state index is 14.7. The lowest BCUT2D eigenvalue weighted by Crippen LogP contribution is -2.21. The molecule has 3 aromatic carbocycles. The summed E-state index contributed by atoms with van der Waals surface area (Å²) in [6, 6.07) is 15.0. The Morgan fingerprint density at radius 3 is 1.87 bits per heavy atom. The molecule has 13 heteroatoms. The number of carbonyl (C=O) groups excluding carboxylic acids is 2. The van der Waals surface area contributed by atoms with Crippen molar-refractivity contribution in [3.8, 4) is 11.5 Å². The molecular formula is C34H37F5N2O6. The van der Waals surface area contributed by atoms with Gasteiger partial charge in [-0.25, -0.2) is 9.59 Å². The molecule has 3 rings (SSSR count). The molecule has 0 aliphatic heterocycles. The standard InChI is InChI=1S/C34H37F5N2O6/c35-33(36,37)17-3-6-18-44-29-14-10-26(11-15-29)34(38,39)47-30-12-7-24(8-13-30)9-16-31(42)45-19-4-1-2-5-20-46-32(43)25-21-27(40)23-28(41)22-25/h7-16,21-23H,1-6,17-20,40-41H2. The largest absolute Gasteiger partial charge is 0.494 e. The predicted octanol–water partition coefficient (Wildman–Crippen LogP) is 8.06. The highest BCUT2D eigenvalue weighted by Crippen LogP contribution is 2.33. The van der Waals surface area contributed by atoms with Gasteiger partial charge in [0.15, 0.2) is 0 Å². The van der Waals surface area contributed by atoms with E-state index in [-0.39, 0.29) is 44.2 Å². The highest BCUT2D eigenvalue weighted by molar-refractivity contribution is 5.91. The van der Waals surface area contributed by atoms with Crippen LogP contribution >= 0.6 is 0 Å². The molecule has 4 N–H and O–H groups in total. The van der Waals surface area contributed by atoms with Gasteiger partial charge in [0.2, 0.25) is 0 Å². The number of hydrogen-bond donors (Lipinski definition) is 2. The molecule has 0 fully saturated rings. The molecule has 0 heterocycles. The van der Waals surface area contributed by atoms with Gasteiger partial charge in [0.05, 0.1) is 30.9 Å². The molecule has 0 aromatic heterocycles. The molecule has 0 aliphatic rings. The molecule has 254 valence electrons. The van der Waals surface area contributed by atoms with Crippen molar-refractivity contribution in [1.82, 2.24) is 0 Å². The second-order valence-corrected chi connectivity index (χ2v) is 10.6. The minimum absolute atomic E-state index is 0.0343. The zero-order chi connectivity index (χ0) is 34.3. The van der Waals surface area contributed by atoms with Crippen LogP contribution in [-0.4, -0.2) is 37.9 Å². The first-order valence-electron chi connectivity index (χ1n) is 15.0. The molecule has 8 nitrogen and oxygen atoms in total. The summed E-state index contributed by atoms with van der Waals surface area (Å²) in [5.74, 6) is -0.907. The summed E-state index contributed by atoms with van der Waals surface area (Å²) in [6.07, 6.45) is -3.18. The van der Waals surface area contributed by atoms with Crippen molar-refractivity contribution in [3.05, 3.63) is 89.5 Å². The second-order valence-electron chi connectivity index (χ2n) is 10.6. The van der Waals surface area contributed by atoms with Crippen LogP contribution in [0.1, 0.15) is 66.4 Å². The maximum Gasteiger partial charge on any atom is 0.426 e. The number of carbonyl (C=O) groups is 2. The Hall–Kier alpha value is -4.81. The van der Waals surface area contributed by atoms with Gasteiger partial charge < -0.3 is 30.4 Å². The molecule has 0 amide bonds. The fourth-order valence-electron chi connectivity index (χ4n) is 4.20. The summed E-state index contributed by atoms with van der Waals surface area (Å²) in [7, 11) is 0. The zero-order valence-electron chi connectivity index (χ0n) is 25.6. The van der Waals surface area contributed by atoms with Gasteiger partial charge in [0.25, 0.3) is 0 Å². The van der Waals surface area contributed by atoms with E-state index in [2.05, 4.69) is 0 Å². The van der Waals surface area contributed by atoms with Crippen molar-refractivity contribution >= 4 is 29.4 Å². The number of hydrogen-bond acceptors (Lipinski definition) is 8. The van der Waals surface area contributed by atoms with Crippen LogP contribution in [0.15, 0.2) is 72.8 Å². The first kappa shape index (κ1) is 36.7. The highest BCUT2D eigenvalue weighted by Gasteiger charge is 2.34.